The van der Waals surface area contributed by atoms with Gasteiger partial charge in [0.2, 0.25) is 5.90 Å². The van der Waals surface area contributed by atoms with Crippen molar-refractivity contribution in [3.05, 3.63) is 63.8 Å². The van der Waals surface area contributed by atoms with Crippen LogP contribution in [0.1, 0.15) is 56.7 Å². The van der Waals surface area contributed by atoms with Crippen LogP contribution in [0.5, 0.6) is 5.75 Å². The van der Waals surface area contributed by atoms with E-state index in [0.717, 1.165) is 31.2 Å². The Morgan fingerprint density at radius 1 is 1.18 bits per heavy atom. The number of carboxylic acids is 1. The van der Waals surface area contributed by atoms with Gasteiger partial charge in [0.25, 0.3) is 0 Å². The molecule has 5 rings (SSSR count). The van der Waals surface area contributed by atoms with Gasteiger partial charge in [-0.2, -0.15) is 0 Å². The minimum atomic E-state index is -0.777. The summed E-state index contributed by atoms with van der Waals surface area (Å²) in [6.45, 7) is 2.80. The number of hydrogen-bond donors (Lipinski definition) is 3. The van der Waals surface area contributed by atoms with E-state index >= 15 is 0 Å². The molecule has 2 saturated carbocycles. The van der Waals surface area contributed by atoms with E-state index in [2.05, 4.69) is 5.32 Å². The lowest BCUT2D eigenvalue weighted by molar-refractivity contribution is -0.138. The van der Waals surface area contributed by atoms with Crippen molar-refractivity contribution in [3.63, 3.8) is 0 Å². The molecule has 3 aromatic rings. The molecular formula is C29H32Cl2N4O4. The number of aliphatic carboxylic acids is 1. The maximum absolute atomic E-state index is 11.2. The Hall–Kier alpha value is -3.23. The Balaban J connectivity index is 1.48. The third kappa shape index (κ3) is 6.17. The molecule has 206 valence electrons. The van der Waals surface area contributed by atoms with Gasteiger partial charge in [0, 0.05) is 17.6 Å². The smallest absolute Gasteiger partial charge is 0.303 e. The maximum Gasteiger partial charge on any atom is 0.303 e. The van der Waals surface area contributed by atoms with Crippen LogP contribution in [0.2, 0.25) is 10.0 Å². The quantitative estimate of drug-likeness (QED) is 0.162. The van der Waals surface area contributed by atoms with Crippen molar-refractivity contribution in [3.8, 4) is 17.1 Å². The summed E-state index contributed by atoms with van der Waals surface area (Å²) in [4.78, 5) is 16.1. The second kappa shape index (κ2) is 10.7. The second-order valence-electron chi connectivity index (χ2n) is 10.8. The number of anilines is 1. The molecule has 2 aliphatic carbocycles. The molecule has 0 aliphatic heterocycles. The van der Waals surface area contributed by atoms with Gasteiger partial charge in [-0.3, -0.25) is 10.2 Å². The molecule has 3 N–H and O–H groups in total. The van der Waals surface area contributed by atoms with E-state index in [9.17, 15) is 9.90 Å². The summed E-state index contributed by atoms with van der Waals surface area (Å²) in [5.41, 5.74) is 1.51. The number of carboxylic acid groups (broad SMARTS) is 1. The number of nitrogens with zero attached hydrogens (tertiary/aromatic N) is 2. The third-order valence-corrected chi connectivity index (χ3v) is 8.15. The lowest BCUT2D eigenvalue weighted by Gasteiger charge is -2.16. The van der Waals surface area contributed by atoms with E-state index in [1.165, 1.54) is 0 Å². The van der Waals surface area contributed by atoms with Gasteiger partial charge in [0.1, 0.15) is 23.0 Å². The summed E-state index contributed by atoms with van der Waals surface area (Å²) < 4.78 is 14.0. The molecule has 0 bridgehead atoms. The van der Waals surface area contributed by atoms with Crippen LogP contribution in [0.25, 0.3) is 11.4 Å². The van der Waals surface area contributed by atoms with Crippen molar-refractivity contribution in [2.75, 3.05) is 19.0 Å². The SMILES string of the molecule is CNc1c(C(=N)OC2(C)CC2)nc(-c2cccc(OCCC3(CC(=O)O)CC3)c2Cl)n1Cc1cccc(Cl)c1. The predicted octanol–water partition coefficient (Wildman–Crippen LogP) is 6.87. The van der Waals surface area contributed by atoms with E-state index in [0.29, 0.717) is 58.3 Å². The number of halogens is 2. The molecule has 39 heavy (non-hydrogen) atoms. The van der Waals surface area contributed by atoms with Crippen molar-refractivity contribution in [2.45, 2.75) is 57.6 Å². The summed E-state index contributed by atoms with van der Waals surface area (Å²) in [6, 6.07) is 13.1. The first-order valence-corrected chi connectivity index (χ1v) is 13.8. The molecular weight excluding hydrogens is 539 g/mol. The van der Waals surface area contributed by atoms with Gasteiger partial charge in [0.05, 0.1) is 24.6 Å². The molecule has 0 atom stereocenters. The van der Waals surface area contributed by atoms with Crippen molar-refractivity contribution in [1.29, 1.82) is 5.41 Å². The van der Waals surface area contributed by atoms with Crippen LogP contribution in [0, 0.1) is 10.8 Å². The normalized spacial score (nSPS) is 16.4. The van der Waals surface area contributed by atoms with Crippen LogP contribution < -0.4 is 10.1 Å². The highest BCUT2D eigenvalue weighted by molar-refractivity contribution is 6.34. The zero-order valence-corrected chi connectivity index (χ0v) is 23.5. The fourth-order valence-corrected chi connectivity index (χ4v) is 5.28. The fourth-order valence-electron chi connectivity index (χ4n) is 4.80. The van der Waals surface area contributed by atoms with Gasteiger partial charge in [-0.05, 0) is 74.3 Å². The van der Waals surface area contributed by atoms with Crippen LogP contribution in [0.3, 0.4) is 0 Å². The van der Waals surface area contributed by atoms with E-state index in [1.54, 1.807) is 13.1 Å². The topological polar surface area (TPSA) is 109 Å². The van der Waals surface area contributed by atoms with Crippen molar-refractivity contribution < 1.29 is 19.4 Å². The molecule has 0 spiro atoms. The van der Waals surface area contributed by atoms with Gasteiger partial charge in [0.15, 0.2) is 5.69 Å². The average molecular weight is 572 g/mol. The van der Waals surface area contributed by atoms with Gasteiger partial charge >= 0.3 is 5.97 Å². The van der Waals surface area contributed by atoms with Crippen molar-refractivity contribution in [1.82, 2.24) is 9.55 Å². The highest BCUT2D eigenvalue weighted by atomic mass is 35.5. The molecule has 1 heterocycles. The standard InChI is InChI=1S/C29H32Cl2N4O4/c1-28(9-10-28)39-25(32)24-27(33-2)35(17-18-5-3-6-19(30)15-18)26(34-24)20-7-4-8-21(23(20)31)38-14-13-29(11-12-29)16-22(36)37/h3-8,15,32-33H,9-14,16-17H2,1-2H3,(H,36,37). The first kappa shape index (κ1) is 27.3. The summed E-state index contributed by atoms with van der Waals surface area (Å²) in [5.74, 6) is 0.916. The summed E-state index contributed by atoms with van der Waals surface area (Å²) in [5, 5.41) is 22.1. The number of aromatic nitrogens is 2. The molecule has 0 radical (unpaired) electrons. The van der Waals surface area contributed by atoms with Gasteiger partial charge in [-0.25, -0.2) is 4.98 Å². The molecule has 0 saturated heterocycles. The zero-order chi connectivity index (χ0) is 27.8. The first-order chi connectivity index (χ1) is 18.6. The summed E-state index contributed by atoms with van der Waals surface area (Å²) in [6.07, 6.45) is 4.43. The monoisotopic (exact) mass is 570 g/mol. The van der Waals surface area contributed by atoms with E-state index < -0.39 is 5.97 Å². The number of hydrogen-bond acceptors (Lipinski definition) is 6. The van der Waals surface area contributed by atoms with Crippen LogP contribution >= 0.6 is 23.2 Å². The number of benzene rings is 2. The molecule has 1 aromatic heterocycles. The first-order valence-electron chi connectivity index (χ1n) is 13.1. The van der Waals surface area contributed by atoms with E-state index in [4.69, 9.17) is 43.1 Å². The largest absolute Gasteiger partial charge is 0.492 e. The fraction of sp³-hybridized carbons (Fsp3) is 0.414. The second-order valence-corrected chi connectivity index (χ2v) is 11.6. The Kier molecular flexibility index (Phi) is 7.53. The molecule has 2 fully saturated rings. The summed E-state index contributed by atoms with van der Waals surface area (Å²) >= 11 is 13.2. The van der Waals surface area contributed by atoms with Crippen LogP contribution in [0.4, 0.5) is 5.82 Å². The molecule has 2 aliphatic rings. The Labute approximate surface area is 237 Å². The Bertz CT molecular complexity index is 1410. The lowest BCUT2D eigenvalue weighted by Crippen LogP contribution is -2.17. The minimum absolute atomic E-state index is 0.00198. The van der Waals surface area contributed by atoms with Crippen LogP contribution in [0.15, 0.2) is 42.5 Å². The molecule has 8 nitrogen and oxygen atoms in total. The predicted molar refractivity (Wildman–Crippen MR) is 152 cm³/mol. The lowest BCUT2D eigenvalue weighted by atomic mass is 9.99. The number of rotatable bonds is 12. The highest BCUT2D eigenvalue weighted by Gasteiger charge is 2.44. The van der Waals surface area contributed by atoms with Crippen molar-refractivity contribution in [2.24, 2.45) is 5.41 Å². The minimum Gasteiger partial charge on any atom is -0.492 e. The Morgan fingerprint density at radius 3 is 2.56 bits per heavy atom. The molecule has 10 heteroatoms. The third-order valence-electron chi connectivity index (χ3n) is 7.53. The number of nitrogens with one attached hydrogen (secondary N) is 2. The summed E-state index contributed by atoms with van der Waals surface area (Å²) in [7, 11) is 1.79. The molecule has 2 aromatic carbocycles. The number of carbonyl (C=O) groups is 1. The van der Waals surface area contributed by atoms with Crippen LogP contribution in [-0.2, 0) is 16.1 Å². The number of ether oxygens (including phenoxy) is 2. The molecule has 0 unspecified atom stereocenters. The molecule has 0 amide bonds. The van der Waals surface area contributed by atoms with Crippen LogP contribution in [-0.4, -0.2) is 45.8 Å². The van der Waals surface area contributed by atoms with Gasteiger partial charge in [-0.1, -0.05) is 41.4 Å². The highest BCUT2D eigenvalue weighted by Crippen LogP contribution is 2.52. The average Bonchev–Trinajstić information content (AvgIpc) is 3.78. The zero-order valence-electron chi connectivity index (χ0n) is 22.0. The van der Waals surface area contributed by atoms with E-state index in [1.807, 2.05) is 47.9 Å². The number of imidazole rings is 1. The van der Waals surface area contributed by atoms with Gasteiger partial charge in [-0.15, -0.1) is 0 Å². The Morgan fingerprint density at radius 2 is 1.92 bits per heavy atom. The maximum atomic E-state index is 11.2. The van der Waals surface area contributed by atoms with Gasteiger partial charge < -0.3 is 24.5 Å². The van der Waals surface area contributed by atoms with E-state index in [-0.39, 0.29) is 23.3 Å². The van der Waals surface area contributed by atoms with Crippen molar-refractivity contribution >= 4 is 40.9 Å².